The van der Waals surface area contributed by atoms with Crippen molar-refractivity contribution in [3.63, 3.8) is 0 Å². The first-order valence-corrected chi connectivity index (χ1v) is 9.95. The van der Waals surface area contributed by atoms with Gasteiger partial charge in [-0.15, -0.1) is 0 Å². The fourth-order valence-electron chi connectivity index (χ4n) is 4.94. The van der Waals surface area contributed by atoms with Gasteiger partial charge in [0.25, 0.3) is 0 Å². The SMILES string of the molecule is CCCc1cc2c(cc1NC(=O)[C@@H]1[C@H]3C=C[C@@]4(CN(CC)C(=O)[C@@H]14)O3)OCO2. The number of hydrogen-bond donors (Lipinski definition) is 1. The van der Waals surface area contributed by atoms with Gasteiger partial charge in [-0.2, -0.15) is 0 Å². The Hall–Kier alpha value is -2.54. The number of aryl methyl sites for hydroxylation is 1. The number of amides is 2. The Morgan fingerprint density at radius 1 is 1.29 bits per heavy atom. The van der Waals surface area contributed by atoms with Gasteiger partial charge in [0.1, 0.15) is 5.60 Å². The van der Waals surface area contributed by atoms with E-state index < -0.39 is 17.4 Å². The Balaban J connectivity index is 1.44. The Labute approximate surface area is 163 Å². The maximum Gasteiger partial charge on any atom is 0.231 e. The second kappa shape index (κ2) is 6.24. The molecule has 28 heavy (non-hydrogen) atoms. The molecule has 1 spiro atoms. The first-order chi connectivity index (χ1) is 13.6. The van der Waals surface area contributed by atoms with E-state index >= 15 is 0 Å². The minimum Gasteiger partial charge on any atom is -0.454 e. The summed E-state index contributed by atoms with van der Waals surface area (Å²) in [5, 5.41) is 3.06. The molecule has 0 radical (unpaired) electrons. The van der Waals surface area contributed by atoms with Gasteiger partial charge >= 0.3 is 0 Å². The first kappa shape index (κ1) is 17.6. The van der Waals surface area contributed by atoms with Crippen molar-refractivity contribution >= 4 is 17.5 Å². The lowest BCUT2D eigenvalue weighted by molar-refractivity contribution is -0.135. The number of fused-ring (bicyclic) bond motifs is 2. The van der Waals surface area contributed by atoms with Gasteiger partial charge in [0.05, 0.1) is 24.5 Å². The number of nitrogens with zero attached hydrogens (tertiary/aromatic N) is 1. The number of benzene rings is 1. The van der Waals surface area contributed by atoms with Gasteiger partial charge in [-0.1, -0.05) is 25.5 Å². The zero-order valence-electron chi connectivity index (χ0n) is 16.1. The first-order valence-electron chi connectivity index (χ1n) is 9.95. The van der Waals surface area contributed by atoms with Crippen LogP contribution in [0.5, 0.6) is 11.5 Å². The van der Waals surface area contributed by atoms with Crippen LogP contribution in [0, 0.1) is 11.8 Å². The Bertz CT molecular complexity index is 882. The summed E-state index contributed by atoms with van der Waals surface area (Å²) in [5.41, 5.74) is 1.07. The van der Waals surface area contributed by atoms with Crippen LogP contribution < -0.4 is 14.8 Å². The normalized spacial score (nSPS) is 31.6. The third-order valence-electron chi connectivity index (χ3n) is 6.24. The van der Waals surface area contributed by atoms with Gasteiger partial charge in [-0.3, -0.25) is 9.59 Å². The molecule has 4 heterocycles. The largest absolute Gasteiger partial charge is 0.454 e. The molecule has 4 aliphatic rings. The standard InChI is InChI=1S/C21H24N2O5/c1-3-5-12-8-15-16(27-11-26-15)9-13(12)22-19(24)17-14-6-7-21(28-14)10-23(4-2)20(25)18(17)21/h6-9,14,17-18H,3-5,10-11H2,1-2H3,(H,22,24)/t14-,17-,18-,21+/m1/s1. The summed E-state index contributed by atoms with van der Waals surface area (Å²) in [6.07, 6.45) is 5.31. The molecule has 0 unspecified atom stereocenters. The van der Waals surface area contributed by atoms with Crippen molar-refractivity contribution < 1.29 is 23.8 Å². The lowest BCUT2D eigenvalue weighted by Crippen LogP contribution is -2.41. The van der Waals surface area contributed by atoms with Crippen LogP contribution in [0.25, 0.3) is 0 Å². The molecule has 0 saturated carbocycles. The number of anilines is 1. The number of hydrogen-bond acceptors (Lipinski definition) is 5. The zero-order valence-corrected chi connectivity index (χ0v) is 16.1. The maximum atomic E-state index is 13.3. The molecule has 1 N–H and O–H groups in total. The predicted molar refractivity (Wildman–Crippen MR) is 101 cm³/mol. The number of carbonyl (C=O) groups excluding carboxylic acids is 2. The van der Waals surface area contributed by atoms with Gasteiger partial charge in [0.2, 0.25) is 18.6 Å². The van der Waals surface area contributed by atoms with Gasteiger partial charge in [0.15, 0.2) is 11.5 Å². The highest BCUT2D eigenvalue weighted by Gasteiger charge is 2.66. The molecule has 4 aliphatic heterocycles. The number of likely N-dealkylation sites (tertiary alicyclic amines) is 1. The van der Waals surface area contributed by atoms with Crippen LogP contribution in [0.1, 0.15) is 25.8 Å². The Morgan fingerprint density at radius 2 is 2.07 bits per heavy atom. The van der Waals surface area contributed by atoms with Crippen LogP contribution in [-0.2, 0) is 20.7 Å². The van der Waals surface area contributed by atoms with Gasteiger partial charge in [-0.05, 0) is 25.0 Å². The second-order valence-electron chi connectivity index (χ2n) is 7.85. The van der Waals surface area contributed by atoms with Crippen molar-refractivity contribution in [2.45, 2.75) is 38.4 Å². The third kappa shape index (κ3) is 2.38. The molecule has 0 aliphatic carbocycles. The van der Waals surface area contributed by atoms with E-state index in [9.17, 15) is 9.59 Å². The molecule has 2 saturated heterocycles. The van der Waals surface area contributed by atoms with Crippen LogP contribution in [0.15, 0.2) is 24.3 Å². The molecule has 5 rings (SSSR count). The van der Waals surface area contributed by atoms with E-state index in [4.69, 9.17) is 14.2 Å². The molecule has 7 nitrogen and oxygen atoms in total. The Morgan fingerprint density at radius 3 is 2.82 bits per heavy atom. The maximum absolute atomic E-state index is 13.3. The molecule has 4 atom stereocenters. The van der Waals surface area contributed by atoms with Crippen molar-refractivity contribution in [2.75, 3.05) is 25.2 Å². The van der Waals surface area contributed by atoms with Crippen molar-refractivity contribution in [1.29, 1.82) is 0 Å². The quantitative estimate of drug-likeness (QED) is 0.787. The molecule has 2 fully saturated rings. The van der Waals surface area contributed by atoms with E-state index in [-0.39, 0.29) is 24.7 Å². The molecule has 148 valence electrons. The van der Waals surface area contributed by atoms with Crippen molar-refractivity contribution in [3.8, 4) is 11.5 Å². The fourth-order valence-corrected chi connectivity index (χ4v) is 4.94. The topological polar surface area (TPSA) is 77.1 Å². The van der Waals surface area contributed by atoms with E-state index in [0.717, 1.165) is 24.1 Å². The Kier molecular flexibility index (Phi) is 3.91. The molecular weight excluding hydrogens is 360 g/mol. The fraction of sp³-hybridized carbons (Fsp3) is 0.524. The van der Waals surface area contributed by atoms with Crippen molar-refractivity contribution in [3.05, 3.63) is 29.8 Å². The predicted octanol–water partition coefficient (Wildman–Crippen LogP) is 2.11. The highest BCUT2D eigenvalue weighted by Crippen LogP contribution is 2.52. The summed E-state index contributed by atoms with van der Waals surface area (Å²) in [5.74, 6) is 0.193. The highest BCUT2D eigenvalue weighted by molar-refractivity contribution is 5.99. The average molecular weight is 384 g/mol. The van der Waals surface area contributed by atoms with Crippen molar-refractivity contribution in [2.24, 2.45) is 11.8 Å². The second-order valence-corrected chi connectivity index (χ2v) is 7.85. The smallest absolute Gasteiger partial charge is 0.231 e. The van der Waals surface area contributed by atoms with E-state index in [1.165, 1.54) is 0 Å². The molecule has 2 bridgehead atoms. The monoisotopic (exact) mass is 384 g/mol. The molecular formula is C21H24N2O5. The summed E-state index contributed by atoms with van der Waals surface area (Å²) < 4.78 is 17.1. The van der Waals surface area contributed by atoms with E-state index in [2.05, 4.69) is 12.2 Å². The van der Waals surface area contributed by atoms with Crippen LogP contribution in [-0.4, -0.2) is 48.3 Å². The van der Waals surface area contributed by atoms with Gasteiger partial charge in [0, 0.05) is 18.3 Å². The summed E-state index contributed by atoms with van der Waals surface area (Å²) >= 11 is 0. The minimum absolute atomic E-state index is 0.00830. The summed E-state index contributed by atoms with van der Waals surface area (Å²) in [6, 6.07) is 3.75. The average Bonchev–Trinajstić information content (AvgIpc) is 3.42. The lowest BCUT2D eigenvalue weighted by Gasteiger charge is -2.24. The number of ether oxygens (including phenoxy) is 3. The van der Waals surface area contributed by atoms with E-state index in [1.54, 1.807) is 4.90 Å². The number of nitrogens with one attached hydrogen (secondary N) is 1. The molecule has 7 heteroatoms. The van der Waals surface area contributed by atoms with Crippen LogP contribution in [0.2, 0.25) is 0 Å². The molecule has 1 aromatic rings. The zero-order chi connectivity index (χ0) is 19.5. The molecule has 2 amide bonds. The van der Waals surface area contributed by atoms with Crippen LogP contribution >= 0.6 is 0 Å². The van der Waals surface area contributed by atoms with Crippen molar-refractivity contribution in [1.82, 2.24) is 4.90 Å². The molecule has 0 aromatic heterocycles. The lowest BCUT2D eigenvalue weighted by atomic mass is 9.76. The summed E-state index contributed by atoms with van der Waals surface area (Å²) in [7, 11) is 0. The number of carbonyl (C=O) groups is 2. The number of rotatable bonds is 5. The van der Waals surface area contributed by atoms with Gasteiger partial charge in [-0.25, -0.2) is 0 Å². The highest BCUT2D eigenvalue weighted by atomic mass is 16.7. The van der Waals surface area contributed by atoms with Crippen LogP contribution in [0.4, 0.5) is 5.69 Å². The summed E-state index contributed by atoms with van der Waals surface area (Å²) in [4.78, 5) is 27.9. The van der Waals surface area contributed by atoms with Crippen LogP contribution in [0.3, 0.4) is 0 Å². The third-order valence-corrected chi connectivity index (χ3v) is 6.24. The minimum atomic E-state index is -0.652. The van der Waals surface area contributed by atoms with E-state index in [1.807, 2.05) is 31.2 Å². The van der Waals surface area contributed by atoms with E-state index in [0.29, 0.717) is 24.6 Å². The summed E-state index contributed by atoms with van der Waals surface area (Å²) in [6.45, 7) is 5.37. The van der Waals surface area contributed by atoms with Gasteiger partial charge < -0.3 is 24.4 Å². The number of likely N-dealkylation sites (N-methyl/N-ethyl adjacent to an activating group) is 1. The molecule has 1 aromatic carbocycles.